The van der Waals surface area contributed by atoms with Gasteiger partial charge in [-0.3, -0.25) is 0 Å². The average Bonchev–Trinajstić information content (AvgIpc) is 2.30. The van der Waals surface area contributed by atoms with Crippen LogP contribution in [0.5, 0.6) is 0 Å². The van der Waals surface area contributed by atoms with Crippen molar-refractivity contribution in [3.63, 3.8) is 0 Å². The zero-order chi connectivity index (χ0) is 13.5. The molecule has 0 bridgehead atoms. The highest BCUT2D eigenvalue weighted by molar-refractivity contribution is 5.96. The third kappa shape index (κ3) is 4.13. The lowest BCUT2D eigenvalue weighted by Gasteiger charge is -2.10. The van der Waals surface area contributed by atoms with E-state index in [2.05, 4.69) is 15.0 Å². The van der Waals surface area contributed by atoms with Gasteiger partial charge in [0.25, 0.3) is 6.43 Å². The molecule has 0 fully saturated rings. The van der Waals surface area contributed by atoms with Crippen molar-refractivity contribution in [1.82, 2.24) is 4.98 Å². The maximum Gasteiger partial charge on any atom is 0.337 e. The Bertz CT molecular complexity index is 415. The third-order valence-corrected chi connectivity index (χ3v) is 2.00. The Hall–Kier alpha value is -1.96. The molecule has 1 aromatic heterocycles. The second-order valence-electron chi connectivity index (χ2n) is 3.32. The number of pyridine rings is 1. The first-order chi connectivity index (χ1) is 8.52. The van der Waals surface area contributed by atoms with Crippen LogP contribution in [0.15, 0.2) is 12.3 Å². The van der Waals surface area contributed by atoms with Gasteiger partial charge in [0.15, 0.2) is 0 Å². The fourth-order valence-corrected chi connectivity index (χ4v) is 1.21. The molecule has 0 saturated heterocycles. The van der Waals surface area contributed by atoms with Crippen LogP contribution in [0.1, 0.15) is 10.4 Å². The Morgan fingerprint density at radius 1 is 1.61 bits per heavy atom. The molecule has 6 nitrogen and oxygen atoms in total. The van der Waals surface area contributed by atoms with Gasteiger partial charge in [0.1, 0.15) is 12.4 Å². The van der Waals surface area contributed by atoms with Crippen molar-refractivity contribution in [2.24, 2.45) is 0 Å². The van der Waals surface area contributed by atoms with Crippen LogP contribution in [0.25, 0.3) is 0 Å². The molecule has 100 valence electrons. The molecule has 0 atom stereocenters. The molecule has 0 aliphatic heterocycles. The molecule has 0 aliphatic carbocycles. The minimum absolute atomic E-state index is 0.00106. The topological polar surface area (TPSA) is 97.5 Å². The molecule has 0 spiro atoms. The zero-order valence-corrected chi connectivity index (χ0v) is 9.40. The monoisotopic (exact) mass is 261 g/mol. The van der Waals surface area contributed by atoms with Gasteiger partial charge in [0.05, 0.1) is 17.9 Å². The Morgan fingerprint density at radius 2 is 2.33 bits per heavy atom. The number of alkyl halides is 2. The molecule has 8 heteroatoms. The summed E-state index contributed by atoms with van der Waals surface area (Å²) in [6, 6.07) is 1.27. The molecule has 0 aliphatic rings. The van der Waals surface area contributed by atoms with E-state index in [0.717, 1.165) is 0 Å². The lowest BCUT2D eigenvalue weighted by molar-refractivity contribution is 0.0215. The standard InChI is InChI=1S/C10H13F2N3O3/c11-7(12)5-18-4-3-15-9-8(13)6(10(16)17)1-2-14-9/h1-2,7H,3-5,13H2,(H,14,15)(H,16,17). The summed E-state index contributed by atoms with van der Waals surface area (Å²) in [6.45, 7) is -0.393. The molecule has 0 amide bonds. The zero-order valence-electron chi connectivity index (χ0n) is 9.40. The summed E-state index contributed by atoms with van der Waals surface area (Å²) >= 11 is 0. The van der Waals surface area contributed by atoms with Gasteiger partial charge in [-0.2, -0.15) is 0 Å². The van der Waals surface area contributed by atoms with Crippen molar-refractivity contribution in [3.8, 4) is 0 Å². The van der Waals surface area contributed by atoms with Crippen molar-refractivity contribution >= 4 is 17.5 Å². The minimum atomic E-state index is -2.51. The van der Waals surface area contributed by atoms with Gasteiger partial charge in [-0.05, 0) is 6.07 Å². The molecule has 0 unspecified atom stereocenters. The molecule has 1 aromatic rings. The predicted octanol–water partition coefficient (Wildman–Crippen LogP) is 1.06. The lowest BCUT2D eigenvalue weighted by Crippen LogP contribution is -2.15. The van der Waals surface area contributed by atoms with Crippen molar-refractivity contribution in [2.45, 2.75) is 6.43 Å². The highest BCUT2D eigenvalue weighted by Gasteiger charge is 2.11. The van der Waals surface area contributed by atoms with Crippen LogP contribution < -0.4 is 11.1 Å². The summed E-state index contributed by atoms with van der Waals surface area (Å²) in [5.74, 6) is -0.970. The van der Waals surface area contributed by atoms with E-state index in [0.29, 0.717) is 0 Å². The van der Waals surface area contributed by atoms with Crippen LogP contribution in [0.3, 0.4) is 0 Å². The number of aromatic carboxylic acids is 1. The van der Waals surface area contributed by atoms with Gasteiger partial charge in [0, 0.05) is 12.7 Å². The highest BCUT2D eigenvalue weighted by Crippen LogP contribution is 2.19. The number of nitrogens with one attached hydrogen (secondary N) is 1. The highest BCUT2D eigenvalue weighted by atomic mass is 19.3. The number of carbonyl (C=O) groups is 1. The van der Waals surface area contributed by atoms with Crippen molar-refractivity contribution in [2.75, 3.05) is 30.8 Å². The first kappa shape index (κ1) is 14.1. The van der Waals surface area contributed by atoms with Gasteiger partial charge >= 0.3 is 5.97 Å². The fraction of sp³-hybridized carbons (Fsp3) is 0.400. The predicted molar refractivity (Wildman–Crippen MR) is 60.9 cm³/mol. The number of hydrogen-bond acceptors (Lipinski definition) is 5. The quantitative estimate of drug-likeness (QED) is 0.635. The number of halogens is 2. The number of nitrogen functional groups attached to an aromatic ring is 1. The molecule has 0 saturated carbocycles. The van der Waals surface area contributed by atoms with E-state index in [1.807, 2.05) is 0 Å². The summed E-state index contributed by atoms with van der Waals surface area (Å²) in [7, 11) is 0. The number of carboxylic acid groups (broad SMARTS) is 1. The van der Waals surface area contributed by atoms with E-state index >= 15 is 0 Å². The minimum Gasteiger partial charge on any atom is -0.478 e. The number of nitrogens with zero attached hydrogens (tertiary/aromatic N) is 1. The molecule has 0 aromatic carbocycles. The summed E-state index contributed by atoms with van der Waals surface area (Å²) in [5, 5.41) is 11.5. The van der Waals surface area contributed by atoms with Crippen molar-refractivity contribution < 1.29 is 23.4 Å². The second kappa shape index (κ2) is 6.70. The Kier molecular flexibility index (Phi) is 5.25. The molecule has 0 radical (unpaired) electrons. The van der Waals surface area contributed by atoms with Gasteiger partial charge in [0.2, 0.25) is 0 Å². The molecule has 1 rings (SSSR count). The Balaban J connectivity index is 2.48. The maximum atomic E-state index is 11.7. The number of carboxylic acids is 1. The van der Waals surface area contributed by atoms with Gasteiger partial charge in [-0.25, -0.2) is 18.6 Å². The van der Waals surface area contributed by atoms with Crippen LogP contribution >= 0.6 is 0 Å². The van der Waals surface area contributed by atoms with Gasteiger partial charge < -0.3 is 20.9 Å². The van der Waals surface area contributed by atoms with E-state index < -0.39 is 19.0 Å². The fourth-order valence-electron chi connectivity index (χ4n) is 1.21. The SMILES string of the molecule is Nc1c(C(=O)O)ccnc1NCCOCC(F)F. The smallest absolute Gasteiger partial charge is 0.337 e. The number of hydrogen-bond donors (Lipinski definition) is 3. The summed E-state index contributed by atoms with van der Waals surface area (Å²) in [5.41, 5.74) is 5.51. The van der Waals surface area contributed by atoms with E-state index in [4.69, 9.17) is 10.8 Å². The van der Waals surface area contributed by atoms with Crippen LogP contribution in [-0.4, -0.2) is 42.2 Å². The molecular formula is C10H13F2N3O3. The molecular weight excluding hydrogens is 248 g/mol. The number of ether oxygens (including phenoxy) is 1. The first-order valence-electron chi connectivity index (χ1n) is 5.10. The Morgan fingerprint density at radius 3 is 2.94 bits per heavy atom. The largest absolute Gasteiger partial charge is 0.478 e. The van der Waals surface area contributed by atoms with E-state index in [9.17, 15) is 13.6 Å². The number of anilines is 2. The van der Waals surface area contributed by atoms with Gasteiger partial charge in [-0.1, -0.05) is 0 Å². The molecule has 4 N–H and O–H groups in total. The summed E-state index contributed by atoms with van der Waals surface area (Å²) in [4.78, 5) is 14.6. The normalized spacial score (nSPS) is 10.6. The molecule has 1 heterocycles. The van der Waals surface area contributed by atoms with Crippen LogP contribution in [-0.2, 0) is 4.74 Å². The maximum absolute atomic E-state index is 11.7. The number of nitrogens with two attached hydrogens (primary N) is 1. The lowest BCUT2D eigenvalue weighted by atomic mass is 10.2. The summed E-state index contributed by atoms with van der Waals surface area (Å²) < 4.78 is 28.1. The van der Waals surface area contributed by atoms with Crippen molar-refractivity contribution in [1.29, 1.82) is 0 Å². The number of aromatic nitrogens is 1. The average molecular weight is 261 g/mol. The third-order valence-electron chi connectivity index (χ3n) is 2.00. The Labute approximate surface area is 102 Å². The first-order valence-corrected chi connectivity index (χ1v) is 5.10. The van der Waals surface area contributed by atoms with Gasteiger partial charge in [-0.15, -0.1) is 0 Å². The van der Waals surface area contributed by atoms with E-state index in [1.165, 1.54) is 12.3 Å². The number of rotatable bonds is 7. The molecule has 18 heavy (non-hydrogen) atoms. The van der Waals surface area contributed by atoms with E-state index in [1.54, 1.807) is 0 Å². The van der Waals surface area contributed by atoms with Crippen molar-refractivity contribution in [3.05, 3.63) is 17.8 Å². The summed E-state index contributed by atoms with van der Waals surface area (Å²) in [6.07, 6.45) is -1.22. The van der Waals surface area contributed by atoms with Crippen LogP contribution in [0.4, 0.5) is 20.3 Å². The van der Waals surface area contributed by atoms with Crippen LogP contribution in [0, 0.1) is 0 Å². The van der Waals surface area contributed by atoms with E-state index in [-0.39, 0.29) is 30.2 Å². The second-order valence-corrected chi connectivity index (χ2v) is 3.32. The van der Waals surface area contributed by atoms with Crippen LogP contribution in [0.2, 0.25) is 0 Å².